The van der Waals surface area contributed by atoms with E-state index in [1.54, 1.807) is 18.2 Å². The lowest BCUT2D eigenvalue weighted by atomic mass is 9.73. The van der Waals surface area contributed by atoms with Gasteiger partial charge in [-0.3, -0.25) is 9.59 Å². The Kier molecular flexibility index (Phi) is 6.74. The number of likely N-dealkylation sites (tertiary alicyclic amines) is 1. The molecular weight excluding hydrogens is 433 g/mol. The molecule has 0 unspecified atom stereocenters. The minimum Gasteiger partial charge on any atom is -0.381 e. The topological polar surface area (TPSA) is 58.6 Å². The van der Waals surface area contributed by atoms with E-state index in [1.165, 1.54) is 6.07 Å². The lowest BCUT2D eigenvalue weighted by Crippen LogP contribution is -2.45. The summed E-state index contributed by atoms with van der Waals surface area (Å²) >= 11 is 0. The molecule has 0 atom stereocenters. The highest BCUT2D eigenvalue weighted by atomic mass is 19.4. The zero-order valence-electron chi connectivity index (χ0n) is 18.3. The molecule has 0 radical (unpaired) electrons. The van der Waals surface area contributed by atoms with E-state index in [4.69, 9.17) is 4.74 Å². The number of benzene rings is 2. The molecule has 5 nitrogen and oxygen atoms in total. The standard InChI is InChI=1S/C25H27F3N2O3/c26-25(27,28)20-7-4-6-19(16-20)24(10-13-33-14-11-24)23(32)29-21-8-3-5-18(15-21)17-30-12-2-1-9-22(30)31/h3-8,15-16H,1-2,9-14,17H2,(H,29,32). The summed E-state index contributed by atoms with van der Waals surface area (Å²) < 4.78 is 45.4. The van der Waals surface area contributed by atoms with Gasteiger partial charge in [-0.15, -0.1) is 0 Å². The first-order valence-corrected chi connectivity index (χ1v) is 11.2. The monoisotopic (exact) mass is 460 g/mol. The van der Waals surface area contributed by atoms with Crippen molar-refractivity contribution in [1.82, 2.24) is 4.90 Å². The summed E-state index contributed by atoms with van der Waals surface area (Å²) in [6.07, 6.45) is -1.46. The number of halogens is 3. The van der Waals surface area contributed by atoms with E-state index in [9.17, 15) is 22.8 Å². The molecule has 2 amide bonds. The zero-order chi connectivity index (χ0) is 23.5. The van der Waals surface area contributed by atoms with Crippen LogP contribution in [0.3, 0.4) is 0 Å². The Morgan fingerprint density at radius 2 is 1.82 bits per heavy atom. The summed E-state index contributed by atoms with van der Waals surface area (Å²) in [5.74, 6) is -0.224. The van der Waals surface area contributed by atoms with Crippen molar-refractivity contribution in [2.75, 3.05) is 25.1 Å². The quantitative estimate of drug-likeness (QED) is 0.690. The van der Waals surface area contributed by atoms with Gasteiger partial charge in [0, 0.05) is 38.4 Å². The molecule has 0 saturated carbocycles. The summed E-state index contributed by atoms with van der Waals surface area (Å²) in [6, 6.07) is 12.3. The fourth-order valence-electron chi connectivity index (χ4n) is 4.61. The molecule has 0 aliphatic carbocycles. The molecule has 176 valence electrons. The first-order valence-electron chi connectivity index (χ1n) is 11.2. The highest BCUT2D eigenvalue weighted by molar-refractivity contribution is 5.99. The maximum atomic E-state index is 13.5. The number of rotatable bonds is 5. The number of amides is 2. The Morgan fingerprint density at radius 3 is 2.55 bits per heavy atom. The van der Waals surface area contributed by atoms with Crippen LogP contribution >= 0.6 is 0 Å². The fraction of sp³-hybridized carbons (Fsp3) is 0.440. The van der Waals surface area contributed by atoms with E-state index >= 15 is 0 Å². The van der Waals surface area contributed by atoms with Gasteiger partial charge in [-0.1, -0.05) is 30.3 Å². The molecule has 0 aromatic heterocycles. The van der Waals surface area contributed by atoms with Crippen molar-refractivity contribution in [1.29, 1.82) is 0 Å². The van der Waals surface area contributed by atoms with Crippen LogP contribution in [0.4, 0.5) is 18.9 Å². The van der Waals surface area contributed by atoms with Crippen LogP contribution in [0.2, 0.25) is 0 Å². The summed E-state index contributed by atoms with van der Waals surface area (Å²) in [6.45, 7) is 1.77. The molecule has 2 saturated heterocycles. The number of hydrogen-bond donors (Lipinski definition) is 1. The highest BCUT2D eigenvalue weighted by Crippen LogP contribution is 2.39. The lowest BCUT2D eigenvalue weighted by Gasteiger charge is -2.36. The predicted molar refractivity (Wildman–Crippen MR) is 118 cm³/mol. The molecule has 2 fully saturated rings. The van der Waals surface area contributed by atoms with E-state index < -0.39 is 17.2 Å². The van der Waals surface area contributed by atoms with Gasteiger partial charge in [0.1, 0.15) is 0 Å². The van der Waals surface area contributed by atoms with Crippen molar-refractivity contribution in [3.63, 3.8) is 0 Å². The predicted octanol–water partition coefficient (Wildman–Crippen LogP) is 4.90. The van der Waals surface area contributed by atoms with Gasteiger partial charge >= 0.3 is 6.18 Å². The van der Waals surface area contributed by atoms with Gasteiger partial charge in [-0.05, 0) is 55.0 Å². The summed E-state index contributed by atoms with van der Waals surface area (Å²) in [5, 5.41) is 2.92. The summed E-state index contributed by atoms with van der Waals surface area (Å²) in [5.41, 5.74) is -0.0961. The first-order chi connectivity index (χ1) is 15.8. The minimum atomic E-state index is -4.49. The Balaban J connectivity index is 1.57. The van der Waals surface area contributed by atoms with Crippen molar-refractivity contribution in [2.24, 2.45) is 0 Å². The van der Waals surface area contributed by atoms with Crippen molar-refractivity contribution >= 4 is 17.5 Å². The van der Waals surface area contributed by atoms with E-state index in [0.29, 0.717) is 56.8 Å². The normalized spacial score (nSPS) is 18.8. The minimum absolute atomic E-state index is 0.126. The maximum Gasteiger partial charge on any atom is 0.416 e. The third-order valence-corrected chi connectivity index (χ3v) is 6.50. The Bertz CT molecular complexity index is 1020. The van der Waals surface area contributed by atoms with Crippen LogP contribution in [0, 0.1) is 0 Å². The number of piperidine rings is 1. The van der Waals surface area contributed by atoms with Gasteiger partial charge in [-0.2, -0.15) is 13.2 Å². The molecule has 2 aliphatic rings. The van der Waals surface area contributed by atoms with Gasteiger partial charge in [-0.25, -0.2) is 0 Å². The molecule has 8 heteroatoms. The average Bonchev–Trinajstić information content (AvgIpc) is 2.81. The molecule has 0 bridgehead atoms. The second-order valence-electron chi connectivity index (χ2n) is 8.70. The van der Waals surface area contributed by atoms with Crippen molar-refractivity contribution in [3.05, 3.63) is 65.2 Å². The van der Waals surface area contributed by atoms with Crippen LogP contribution in [-0.2, 0) is 32.5 Å². The molecule has 0 spiro atoms. The first kappa shape index (κ1) is 23.3. The smallest absolute Gasteiger partial charge is 0.381 e. The van der Waals surface area contributed by atoms with E-state index in [2.05, 4.69) is 5.32 Å². The molecule has 2 aliphatic heterocycles. The number of carbonyl (C=O) groups excluding carboxylic acids is 2. The van der Waals surface area contributed by atoms with Gasteiger partial charge in [0.25, 0.3) is 0 Å². The van der Waals surface area contributed by atoms with E-state index in [-0.39, 0.29) is 11.8 Å². The van der Waals surface area contributed by atoms with Crippen LogP contribution in [-0.4, -0.2) is 36.5 Å². The lowest BCUT2D eigenvalue weighted by molar-refractivity contribution is -0.138. The Morgan fingerprint density at radius 1 is 1.06 bits per heavy atom. The van der Waals surface area contributed by atoms with Crippen LogP contribution < -0.4 is 5.32 Å². The molecule has 1 N–H and O–H groups in total. The maximum absolute atomic E-state index is 13.5. The van der Waals surface area contributed by atoms with Crippen LogP contribution in [0.5, 0.6) is 0 Å². The van der Waals surface area contributed by atoms with Gasteiger partial charge in [0.15, 0.2) is 0 Å². The number of carbonyl (C=O) groups is 2. The van der Waals surface area contributed by atoms with Crippen LogP contribution in [0.25, 0.3) is 0 Å². The van der Waals surface area contributed by atoms with Crippen LogP contribution in [0.1, 0.15) is 48.8 Å². The van der Waals surface area contributed by atoms with Crippen molar-refractivity contribution in [2.45, 2.75) is 50.2 Å². The van der Waals surface area contributed by atoms with Crippen molar-refractivity contribution in [3.8, 4) is 0 Å². The van der Waals surface area contributed by atoms with E-state index in [1.807, 2.05) is 17.0 Å². The second kappa shape index (κ2) is 9.55. The Hall–Kier alpha value is -2.87. The van der Waals surface area contributed by atoms with Gasteiger partial charge < -0.3 is 15.0 Å². The Labute approximate surface area is 190 Å². The molecule has 33 heavy (non-hydrogen) atoms. The number of anilines is 1. The SMILES string of the molecule is O=C1CCCCN1Cc1cccc(NC(=O)C2(c3cccc(C(F)(F)F)c3)CCOCC2)c1. The number of nitrogens with zero attached hydrogens (tertiary/aromatic N) is 1. The second-order valence-corrected chi connectivity index (χ2v) is 8.70. The number of ether oxygens (including phenoxy) is 1. The molecular formula is C25H27F3N2O3. The zero-order valence-corrected chi connectivity index (χ0v) is 18.3. The third kappa shape index (κ3) is 5.21. The number of hydrogen-bond acceptors (Lipinski definition) is 3. The van der Waals surface area contributed by atoms with E-state index in [0.717, 1.165) is 30.5 Å². The fourth-order valence-corrected chi connectivity index (χ4v) is 4.61. The molecule has 2 aromatic carbocycles. The largest absolute Gasteiger partial charge is 0.416 e. The third-order valence-electron chi connectivity index (χ3n) is 6.50. The highest BCUT2D eigenvalue weighted by Gasteiger charge is 2.43. The number of alkyl halides is 3. The summed E-state index contributed by atoms with van der Waals surface area (Å²) in [4.78, 5) is 27.4. The van der Waals surface area contributed by atoms with Gasteiger partial charge in [0.2, 0.25) is 11.8 Å². The van der Waals surface area contributed by atoms with Crippen LogP contribution in [0.15, 0.2) is 48.5 Å². The molecule has 2 aromatic rings. The number of nitrogens with one attached hydrogen (secondary N) is 1. The van der Waals surface area contributed by atoms with Crippen molar-refractivity contribution < 1.29 is 27.5 Å². The van der Waals surface area contributed by atoms with Gasteiger partial charge in [0.05, 0.1) is 11.0 Å². The molecule has 2 heterocycles. The summed E-state index contributed by atoms with van der Waals surface area (Å²) in [7, 11) is 0. The average molecular weight is 460 g/mol. The molecule has 4 rings (SSSR count).